The molecule has 9 nitrogen and oxygen atoms in total. The van der Waals surface area contributed by atoms with Crippen molar-refractivity contribution >= 4 is 17.3 Å². The summed E-state index contributed by atoms with van der Waals surface area (Å²) in [5.74, 6) is 0.533. The average molecular weight is 473 g/mol. The molecule has 0 saturated carbocycles. The van der Waals surface area contributed by atoms with Crippen molar-refractivity contribution < 1.29 is 8.78 Å². The number of aromatic nitrogens is 7. The van der Waals surface area contributed by atoms with Crippen LogP contribution in [0.25, 0.3) is 27.8 Å². The molecule has 0 aliphatic carbocycles. The van der Waals surface area contributed by atoms with E-state index in [4.69, 9.17) is 0 Å². The summed E-state index contributed by atoms with van der Waals surface area (Å²) in [4.78, 5) is 17.6. The number of benzene rings is 1. The molecule has 5 heterocycles. The highest BCUT2D eigenvalue weighted by Gasteiger charge is 2.25. The van der Waals surface area contributed by atoms with Crippen LogP contribution in [0.4, 0.5) is 20.5 Å². The molecule has 0 spiro atoms. The van der Waals surface area contributed by atoms with Gasteiger partial charge in [-0.1, -0.05) is 12.1 Å². The van der Waals surface area contributed by atoms with Crippen LogP contribution in [-0.4, -0.2) is 60.5 Å². The molecule has 11 heteroatoms. The van der Waals surface area contributed by atoms with Crippen molar-refractivity contribution in [3.05, 3.63) is 73.2 Å². The Morgan fingerprint density at radius 1 is 0.743 bits per heavy atom. The van der Waals surface area contributed by atoms with Crippen molar-refractivity contribution in [2.45, 2.75) is 0 Å². The largest absolute Gasteiger partial charge is 0.351 e. The zero-order valence-electron chi connectivity index (χ0n) is 18.9. The van der Waals surface area contributed by atoms with Crippen LogP contribution in [0.2, 0.25) is 0 Å². The van der Waals surface area contributed by atoms with Crippen LogP contribution in [0.5, 0.6) is 0 Å². The van der Waals surface area contributed by atoms with Gasteiger partial charge in [0.1, 0.15) is 17.7 Å². The normalized spacial score (nSPS) is 14.1. The molecule has 6 rings (SSSR count). The number of halogens is 2. The topological polar surface area (TPSA) is 80.3 Å². The van der Waals surface area contributed by atoms with Crippen molar-refractivity contribution in [2.75, 3.05) is 36.0 Å². The fourth-order valence-electron chi connectivity index (χ4n) is 4.35. The summed E-state index contributed by atoms with van der Waals surface area (Å²) in [7, 11) is 1.79. The third kappa shape index (κ3) is 3.84. The van der Waals surface area contributed by atoms with E-state index >= 15 is 4.39 Å². The Balaban J connectivity index is 1.20. The Hall–Kier alpha value is -4.41. The summed E-state index contributed by atoms with van der Waals surface area (Å²) in [5.41, 5.74) is 3.15. The van der Waals surface area contributed by atoms with Gasteiger partial charge in [-0.05, 0) is 17.7 Å². The monoisotopic (exact) mass is 473 g/mol. The predicted octanol–water partition coefficient (Wildman–Crippen LogP) is 3.19. The predicted molar refractivity (Wildman–Crippen MR) is 127 cm³/mol. The molecule has 176 valence electrons. The van der Waals surface area contributed by atoms with Gasteiger partial charge in [-0.3, -0.25) is 4.68 Å². The number of hydrogen-bond acceptors (Lipinski definition) is 7. The molecule has 0 N–H and O–H groups in total. The first kappa shape index (κ1) is 21.1. The van der Waals surface area contributed by atoms with Crippen LogP contribution in [0.15, 0.2) is 61.6 Å². The van der Waals surface area contributed by atoms with Gasteiger partial charge in [0.05, 0.1) is 6.20 Å². The van der Waals surface area contributed by atoms with Crippen molar-refractivity contribution in [1.82, 2.24) is 34.3 Å². The molecule has 0 amide bonds. The number of aryl methyl sites for hydroxylation is 1. The van der Waals surface area contributed by atoms with Gasteiger partial charge >= 0.3 is 0 Å². The molecular weight excluding hydrogens is 452 g/mol. The van der Waals surface area contributed by atoms with Gasteiger partial charge < -0.3 is 9.80 Å². The molecular formula is C24H21F2N9. The lowest BCUT2D eigenvalue weighted by Crippen LogP contribution is -2.47. The summed E-state index contributed by atoms with van der Waals surface area (Å²) in [6.45, 7) is 2.57. The maximum Gasteiger partial charge on any atom is 0.225 e. The third-order valence-electron chi connectivity index (χ3n) is 6.19. The first-order valence-electron chi connectivity index (χ1n) is 11.2. The Bertz CT molecular complexity index is 1480. The van der Waals surface area contributed by atoms with E-state index in [0.29, 0.717) is 54.6 Å². The molecule has 0 bridgehead atoms. The lowest BCUT2D eigenvalue weighted by atomic mass is 10.1. The smallest absolute Gasteiger partial charge is 0.225 e. The first-order chi connectivity index (χ1) is 17.1. The van der Waals surface area contributed by atoms with Gasteiger partial charge in [-0.15, -0.1) is 0 Å². The summed E-state index contributed by atoms with van der Waals surface area (Å²) in [6.07, 6.45) is 9.99. The van der Waals surface area contributed by atoms with Gasteiger partial charge in [-0.2, -0.15) is 10.2 Å². The van der Waals surface area contributed by atoms with E-state index in [1.807, 2.05) is 0 Å². The molecule has 0 atom stereocenters. The maximum atomic E-state index is 15.5. The number of hydrogen-bond donors (Lipinski definition) is 0. The number of fused-ring (bicyclic) bond motifs is 1. The zero-order valence-corrected chi connectivity index (χ0v) is 18.9. The average Bonchev–Trinajstić information content (AvgIpc) is 3.47. The van der Waals surface area contributed by atoms with Gasteiger partial charge in [0.25, 0.3) is 0 Å². The van der Waals surface area contributed by atoms with E-state index in [0.717, 1.165) is 11.1 Å². The molecule has 1 aliphatic rings. The lowest BCUT2D eigenvalue weighted by Gasteiger charge is -2.35. The molecule has 35 heavy (non-hydrogen) atoms. The molecule has 5 aromatic rings. The summed E-state index contributed by atoms with van der Waals surface area (Å²) >= 11 is 0. The minimum atomic E-state index is -0.365. The minimum Gasteiger partial charge on any atom is -0.351 e. The van der Waals surface area contributed by atoms with Crippen molar-refractivity contribution in [3.8, 4) is 22.3 Å². The van der Waals surface area contributed by atoms with Crippen molar-refractivity contribution in [3.63, 3.8) is 0 Å². The van der Waals surface area contributed by atoms with E-state index in [2.05, 4.69) is 34.9 Å². The van der Waals surface area contributed by atoms with Crippen LogP contribution < -0.4 is 9.80 Å². The molecule has 1 aromatic carbocycles. The number of anilines is 2. The van der Waals surface area contributed by atoms with Crippen LogP contribution in [0, 0.1) is 11.6 Å². The molecule has 1 fully saturated rings. The number of nitrogens with zero attached hydrogens (tertiary/aromatic N) is 9. The Labute approximate surface area is 199 Å². The van der Waals surface area contributed by atoms with E-state index < -0.39 is 0 Å². The third-order valence-corrected chi connectivity index (χ3v) is 6.19. The Morgan fingerprint density at radius 2 is 1.46 bits per heavy atom. The fourth-order valence-corrected chi connectivity index (χ4v) is 4.35. The standard InChI is InChI=1S/C24H21F2N9/c1-32-13-18(12-30-32)20-14-35-22(21(20)26)23(29-15-31-35)33-6-8-34(9-7-33)24-27-10-17(11-28-24)16-2-4-19(25)5-3-16/h2-5,10-15H,6-9H2,1H3. The van der Waals surface area contributed by atoms with E-state index in [1.165, 1.54) is 23.0 Å². The SMILES string of the molecule is Cn1cc(-c2cn3ncnc(N4CCN(c5ncc(-c6ccc(F)cc6)cn5)CC4)c3c2F)cn1. The lowest BCUT2D eigenvalue weighted by molar-refractivity contribution is 0.622. The van der Waals surface area contributed by atoms with Gasteiger partial charge in [0.2, 0.25) is 5.95 Å². The molecule has 4 aromatic heterocycles. The highest BCUT2D eigenvalue weighted by Crippen LogP contribution is 2.31. The highest BCUT2D eigenvalue weighted by molar-refractivity contribution is 5.78. The van der Waals surface area contributed by atoms with Crippen LogP contribution in [0.1, 0.15) is 0 Å². The molecule has 1 saturated heterocycles. The Morgan fingerprint density at radius 3 is 2.14 bits per heavy atom. The van der Waals surface area contributed by atoms with Crippen LogP contribution >= 0.6 is 0 Å². The minimum absolute atomic E-state index is 0.279. The van der Waals surface area contributed by atoms with E-state index in [1.54, 1.807) is 54.8 Å². The van der Waals surface area contributed by atoms with E-state index in [9.17, 15) is 4.39 Å². The van der Waals surface area contributed by atoms with E-state index in [-0.39, 0.29) is 11.6 Å². The molecule has 1 aliphatic heterocycles. The van der Waals surface area contributed by atoms with Gasteiger partial charge in [0.15, 0.2) is 11.6 Å². The number of piperazine rings is 1. The quantitative estimate of drug-likeness (QED) is 0.397. The second-order valence-corrected chi connectivity index (χ2v) is 8.39. The van der Waals surface area contributed by atoms with Crippen molar-refractivity contribution in [2.24, 2.45) is 7.05 Å². The Kier molecular flexibility index (Phi) is 5.09. The zero-order chi connectivity index (χ0) is 23.9. The summed E-state index contributed by atoms with van der Waals surface area (Å²) in [5, 5.41) is 8.35. The summed E-state index contributed by atoms with van der Waals surface area (Å²) in [6, 6.07) is 6.24. The second-order valence-electron chi connectivity index (χ2n) is 8.39. The van der Waals surface area contributed by atoms with Crippen molar-refractivity contribution in [1.29, 1.82) is 0 Å². The van der Waals surface area contributed by atoms with Crippen LogP contribution in [-0.2, 0) is 7.05 Å². The van der Waals surface area contributed by atoms with Gasteiger partial charge in [-0.25, -0.2) is 28.2 Å². The molecule has 0 unspecified atom stereocenters. The number of rotatable bonds is 4. The fraction of sp³-hybridized carbons (Fsp3) is 0.208. The summed E-state index contributed by atoms with van der Waals surface area (Å²) < 4.78 is 31.8. The molecule has 0 radical (unpaired) electrons. The second kappa shape index (κ2) is 8.42. The highest BCUT2D eigenvalue weighted by atomic mass is 19.1. The maximum absolute atomic E-state index is 15.5. The first-order valence-corrected chi connectivity index (χ1v) is 11.2. The van der Waals surface area contributed by atoms with Gasteiger partial charge in [0, 0.05) is 74.7 Å². The van der Waals surface area contributed by atoms with Crippen LogP contribution in [0.3, 0.4) is 0 Å².